The Morgan fingerprint density at radius 3 is 1.00 bits per heavy atom. The molecule has 4 heavy (non-hydrogen) atoms. The number of hydrogen-bond acceptors (Lipinski definition) is 0. The van der Waals surface area contributed by atoms with Crippen LogP contribution in [0, 0.1) is 0 Å². The summed E-state index contributed by atoms with van der Waals surface area (Å²) in [6, 6.07) is 0. The minimum absolute atomic E-state index is 0. The van der Waals surface area contributed by atoms with Crippen LogP contribution in [0.1, 0.15) is 0 Å². The van der Waals surface area contributed by atoms with Crippen molar-refractivity contribution >= 4 is 48.9 Å². The summed E-state index contributed by atoms with van der Waals surface area (Å²) in [5.74, 6) is 0. The molecule has 0 unspecified atom stereocenters. The normalized spacial score (nSPS) is 0. The Morgan fingerprint density at radius 2 is 1.00 bits per heavy atom. The van der Waals surface area contributed by atoms with Gasteiger partial charge in [0.2, 0.25) is 0 Å². The van der Waals surface area contributed by atoms with E-state index >= 15 is 0 Å². The first kappa shape index (κ1) is 28.4. The molecule has 0 atom stereocenters. The van der Waals surface area contributed by atoms with E-state index in [0.717, 1.165) is 0 Å². The molecular formula is H4BaFeOZr. The van der Waals surface area contributed by atoms with Crippen LogP contribution in [0.4, 0.5) is 0 Å². The van der Waals surface area contributed by atoms with Crippen LogP contribution in [0.3, 0.4) is 0 Å². The van der Waals surface area contributed by atoms with E-state index in [0.29, 0.717) is 0 Å². The van der Waals surface area contributed by atoms with Crippen molar-refractivity contribution in [2.24, 2.45) is 0 Å². The molecule has 0 saturated carbocycles. The van der Waals surface area contributed by atoms with Crippen molar-refractivity contribution in [1.29, 1.82) is 0 Å². The number of rotatable bonds is 0. The molecule has 0 aliphatic rings. The zero-order chi connectivity index (χ0) is 0. The Balaban J connectivity index is 0. The second-order valence-corrected chi connectivity index (χ2v) is 0. The molecule has 0 bridgehead atoms. The van der Waals surface area contributed by atoms with Crippen LogP contribution >= 0.6 is 0 Å². The predicted molar refractivity (Wildman–Crippen MR) is 12.2 cm³/mol. The van der Waals surface area contributed by atoms with Gasteiger partial charge in [0.25, 0.3) is 0 Å². The third kappa shape index (κ3) is 8.87. The molecule has 0 saturated heterocycles. The van der Waals surface area contributed by atoms with E-state index in [1.807, 2.05) is 0 Å². The van der Waals surface area contributed by atoms with Crippen molar-refractivity contribution in [2.45, 2.75) is 0 Å². The van der Waals surface area contributed by atoms with Gasteiger partial charge in [0.05, 0.1) is 0 Å². The monoisotopic (exact) mass is 304 g/mol. The van der Waals surface area contributed by atoms with Crippen molar-refractivity contribution in [2.75, 3.05) is 0 Å². The third-order valence-electron chi connectivity index (χ3n) is 0. The minimum atomic E-state index is 0. The maximum atomic E-state index is 0. The molecule has 0 rings (SSSR count). The van der Waals surface area contributed by atoms with Crippen molar-refractivity contribution in [3.63, 3.8) is 0 Å². The van der Waals surface area contributed by atoms with E-state index in [9.17, 15) is 0 Å². The summed E-state index contributed by atoms with van der Waals surface area (Å²) in [6.07, 6.45) is 0. The van der Waals surface area contributed by atoms with Gasteiger partial charge in [-0.25, -0.2) is 0 Å². The van der Waals surface area contributed by atoms with Gasteiger partial charge in [0.15, 0.2) is 0 Å². The smallest absolute Gasteiger partial charge is 0 e. The summed E-state index contributed by atoms with van der Waals surface area (Å²) in [7, 11) is 0. The molecule has 1 nitrogen and oxygen atoms in total. The first-order chi connectivity index (χ1) is 0. The molecular weight excluding hydrogens is 300 g/mol. The van der Waals surface area contributed by atoms with Crippen LogP contribution in [0.5, 0.6) is 0 Å². The van der Waals surface area contributed by atoms with Crippen molar-refractivity contribution in [3.8, 4) is 0 Å². The first-order valence-electron chi connectivity index (χ1n) is 0. The van der Waals surface area contributed by atoms with Crippen LogP contribution < -0.4 is 0 Å². The molecule has 24 valence electrons. The van der Waals surface area contributed by atoms with Gasteiger partial charge in [-0.05, 0) is 0 Å². The van der Waals surface area contributed by atoms with Crippen LogP contribution in [0.25, 0.3) is 0 Å². The van der Waals surface area contributed by atoms with E-state index in [1.54, 1.807) is 0 Å². The van der Waals surface area contributed by atoms with Gasteiger partial charge in [-0.2, -0.15) is 0 Å². The third-order valence-corrected chi connectivity index (χ3v) is 0. The SMILES string of the molecule is O.[BaH2].[Fe].[Zr]. The predicted octanol–water partition coefficient (Wildman–Crippen LogP) is -1.75. The van der Waals surface area contributed by atoms with Crippen molar-refractivity contribution < 1.29 is 48.7 Å². The van der Waals surface area contributed by atoms with Crippen molar-refractivity contribution in [1.82, 2.24) is 0 Å². The molecule has 0 fully saturated rings. The molecule has 2 N–H and O–H groups in total. The Hall–Kier alpha value is 2.93. The maximum Gasteiger partial charge on any atom is 0 e. The molecule has 0 heterocycles. The van der Waals surface area contributed by atoms with Crippen LogP contribution in [0.15, 0.2) is 0 Å². The molecule has 0 radical (unpaired) electrons. The fraction of sp³-hybridized carbons (Fsp3) is 0. The summed E-state index contributed by atoms with van der Waals surface area (Å²) in [5, 5.41) is 0. The van der Waals surface area contributed by atoms with E-state index in [-0.39, 0.29) is 97.6 Å². The second-order valence-electron chi connectivity index (χ2n) is 0. The summed E-state index contributed by atoms with van der Waals surface area (Å²) in [6.45, 7) is 0. The summed E-state index contributed by atoms with van der Waals surface area (Å²) < 4.78 is 0. The van der Waals surface area contributed by atoms with Crippen LogP contribution in [0.2, 0.25) is 0 Å². The van der Waals surface area contributed by atoms with Crippen molar-refractivity contribution in [3.05, 3.63) is 0 Å². The van der Waals surface area contributed by atoms with E-state index in [2.05, 4.69) is 0 Å². The fourth-order valence-corrected chi connectivity index (χ4v) is 0. The van der Waals surface area contributed by atoms with Gasteiger partial charge in [-0.1, -0.05) is 0 Å². The maximum absolute atomic E-state index is 0. The number of hydrogen-bond donors (Lipinski definition) is 0. The largest absolute Gasteiger partial charge is 0 e. The van der Waals surface area contributed by atoms with Gasteiger partial charge in [0, 0.05) is 43.3 Å². The van der Waals surface area contributed by atoms with Crippen LogP contribution in [-0.4, -0.2) is 54.4 Å². The van der Waals surface area contributed by atoms with E-state index < -0.39 is 0 Å². The Bertz CT molecular complexity index is 8.00. The van der Waals surface area contributed by atoms with Crippen LogP contribution in [-0.2, 0) is 43.3 Å². The molecule has 0 aliphatic carbocycles. The Kier molecular flexibility index (Phi) is 119. The van der Waals surface area contributed by atoms with E-state index in [4.69, 9.17) is 0 Å². The average molecular weight is 304 g/mol. The summed E-state index contributed by atoms with van der Waals surface area (Å²) >= 11 is 0. The quantitative estimate of drug-likeness (QED) is 0.476. The zero-order valence-corrected chi connectivity index (χ0v) is 4.92. The average Bonchev–Trinajstić information content (AvgIpc) is 0. The first-order valence-corrected chi connectivity index (χ1v) is 0. The molecule has 0 spiro atoms. The fourth-order valence-electron chi connectivity index (χ4n) is 0. The van der Waals surface area contributed by atoms with E-state index in [1.165, 1.54) is 0 Å². The van der Waals surface area contributed by atoms with Gasteiger partial charge in [0.1, 0.15) is 0 Å². The summed E-state index contributed by atoms with van der Waals surface area (Å²) in [4.78, 5) is 0. The van der Waals surface area contributed by atoms with Gasteiger partial charge in [-0.15, -0.1) is 0 Å². The minimum Gasteiger partial charge on any atom is 0 e. The molecule has 0 aromatic carbocycles. The van der Waals surface area contributed by atoms with Gasteiger partial charge >= 0.3 is 48.9 Å². The Morgan fingerprint density at radius 1 is 1.00 bits per heavy atom. The van der Waals surface area contributed by atoms with Gasteiger partial charge in [-0.3, -0.25) is 0 Å². The second kappa shape index (κ2) is 16.8. The topological polar surface area (TPSA) is 31.5 Å². The molecule has 0 amide bonds. The van der Waals surface area contributed by atoms with Gasteiger partial charge < -0.3 is 5.48 Å². The molecule has 0 aromatic rings. The molecule has 0 aliphatic heterocycles. The molecule has 4 heteroatoms. The zero-order valence-electron chi connectivity index (χ0n) is 1.35. The standard InChI is InChI=1S/Ba.Fe.H2O.Zr.2H/h;;1H2;;;. The molecule has 0 aromatic heterocycles. The Labute approximate surface area is 95.3 Å². The summed E-state index contributed by atoms with van der Waals surface area (Å²) in [5.41, 5.74) is 0.